The van der Waals surface area contributed by atoms with E-state index in [1.165, 1.54) is 11.3 Å². The van der Waals surface area contributed by atoms with Crippen molar-refractivity contribution in [1.29, 1.82) is 0 Å². The quantitative estimate of drug-likeness (QED) is 0.463. The molecule has 26 heavy (non-hydrogen) atoms. The molecule has 1 saturated heterocycles. The number of aromatic nitrogens is 2. The van der Waals surface area contributed by atoms with Gasteiger partial charge in [-0.1, -0.05) is 17.7 Å². The van der Waals surface area contributed by atoms with E-state index in [-0.39, 0.29) is 0 Å². The third-order valence-electron chi connectivity index (χ3n) is 4.62. The first-order valence-corrected chi connectivity index (χ1v) is 9.47. The van der Waals surface area contributed by atoms with E-state index in [1.54, 1.807) is 0 Å². The lowest BCUT2D eigenvalue weighted by atomic mass is 10.2. The van der Waals surface area contributed by atoms with Crippen molar-refractivity contribution in [3.63, 3.8) is 0 Å². The SMILES string of the molecule is CN=C(NCCCc1cnn(C)c1)NC1CCN(c2cccc(Cl)c2)C1. The van der Waals surface area contributed by atoms with Crippen LogP contribution in [0.1, 0.15) is 18.4 Å². The van der Waals surface area contributed by atoms with Crippen LogP contribution in [0, 0.1) is 0 Å². The fraction of sp³-hybridized carbons (Fsp3) is 0.474. The number of aryl methyl sites for hydroxylation is 2. The Kier molecular flexibility index (Phi) is 6.39. The highest BCUT2D eigenvalue weighted by Crippen LogP contribution is 2.23. The molecule has 0 saturated carbocycles. The molecule has 0 amide bonds. The van der Waals surface area contributed by atoms with Gasteiger partial charge in [0.1, 0.15) is 0 Å². The zero-order valence-electron chi connectivity index (χ0n) is 15.5. The highest BCUT2D eigenvalue weighted by Gasteiger charge is 2.23. The van der Waals surface area contributed by atoms with Crippen molar-refractivity contribution in [3.8, 4) is 0 Å². The summed E-state index contributed by atoms with van der Waals surface area (Å²) in [5.41, 5.74) is 2.45. The van der Waals surface area contributed by atoms with Gasteiger partial charge in [0.05, 0.1) is 6.20 Å². The normalized spacial score (nSPS) is 17.6. The van der Waals surface area contributed by atoms with Gasteiger partial charge in [-0.2, -0.15) is 5.10 Å². The molecule has 0 radical (unpaired) electrons. The van der Waals surface area contributed by atoms with E-state index < -0.39 is 0 Å². The molecule has 140 valence electrons. The number of benzene rings is 1. The molecule has 2 heterocycles. The van der Waals surface area contributed by atoms with E-state index in [0.29, 0.717) is 6.04 Å². The molecule has 7 heteroatoms. The third kappa shape index (κ3) is 5.14. The van der Waals surface area contributed by atoms with Crippen LogP contribution in [0.4, 0.5) is 5.69 Å². The largest absolute Gasteiger partial charge is 0.369 e. The molecule has 2 aromatic rings. The van der Waals surface area contributed by atoms with Crippen LogP contribution >= 0.6 is 11.6 Å². The number of guanidine groups is 1. The standard InChI is InChI=1S/C19H27ClN6/c1-21-19(22-9-4-5-15-12-23-25(2)13-15)24-17-8-10-26(14-17)18-7-3-6-16(20)11-18/h3,6-7,11-13,17H,4-5,8-10,14H2,1-2H3,(H2,21,22,24). The molecule has 1 unspecified atom stereocenters. The Labute approximate surface area is 160 Å². The van der Waals surface area contributed by atoms with Crippen LogP contribution in [0.15, 0.2) is 41.7 Å². The number of nitrogens with one attached hydrogen (secondary N) is 2. The fourth-order valence-corrected chi connectivity index (χ4v) is 3.46. The minimum absolute atomic E-state index is 0.388. The minimum Gasteiger partial charge on any atom is -0.369 e. The topological polar surface area (TPSA) is 57.5 Å². The molecular weight excluding hydrogens is 348 g/mol. The lowest BCUT2D eigenvalue weighted by molar-refractivity contribution is 0.643. The van der Waals surface area contributed by atoms with Gasteiger partial charge in [-0.3, -0.25) is 9.67 Å². The number of hydrogen-bond donors (Lipinski definition) is 2. The van der Waals surface area contributed by atoms with Crippen molar-refractivity contribution in [2.75, 3.05) is 31.6 Å². The van der Waals surface area contributed by atoms with Gasteiger partial charge in [-0.05, 0) is 43.0 Å². The van der Waals surface area contributed by atoms with E-state index in [2.05, 4.69) is 37.9 Å². The number of halogens is 1. The van der Waals surface area contributed by atoms with Gasteiger partial charge in [0, 0.05) is 56.7 Å². The highest BCUT2D eigenvalue weighted by atomic mass is 35.5. The highest BCUT2D eigenvalue weighted by molar-refractivity contribution is 6.30. The summed E-state index contributed by atoms with van der Waals surface area (Å²) < 4.78 is 1.84. The van der Waals surface area contributed by atoms with Crippen LogP contribution in [-0.2, 0) is 13.5 Å². The second-order valence-electron chi connectivity index (χ2n) is 6.68. The van der Waals surface area contributed by atoms with Crippen molar-refractivity contribution in [2.45, 2.75) is 25.3 Å². The maximum absolute atomic E-state index is 6.11. The van der Waals surface area contributed by atoms with Gasteiger partial charge in [0.15, 0.2) is 5.96 Å². The molecule has 1 aromatic heterocycles. The van der Waals surface area contributed by atoms with Crippen LogP contribution in [0.2, 0.25) is 5.02 Å². The summed E-state index contributed by atoms with van der Waals surface area (Å²) in [5.74, 6) is 0.870. The molecular formula is C19H27ClN6. The van der Waals surface area contributed by atoms with E-state index in [9.17, 15) is 0 Å². The first-order valence-electron chi connectivity index (χ1n) is 9.09. The van der Waals surface area contributed by atoms with Crippen molar-refractivity contribution in [3.05, 3.63) is 47.2 Å². The average molecular weight is 375 g/mol. The maximum Gasteiger partial charge on any atom is 0.191 e. The van der Waals surface area contributed by atoms with Crippen LogP contribution < -0.4 is 15.5 Å². The molecule has 3 rings (SSSR count). The average Bonchev–Trinajstić information content (AvgIpc) is 3.26. The van der Waals surface area contributed by atoms with Crippen molar-refractivity contribution < 1.29 is 0 Å². The number of aliphatic imine (C=N–C) groups is 1. The molecule has 1 aromatic carbocycles. The second kappa shape index (κ2) is 8.94. The van der Waals surface area contributed by atoms with Crippen molar-refractivity contribution in [1.82, 2.24) is 20.4 Å². The zero-order chi connectivity index (χ0) is 18.4. The third-order valence-corrected chi connectivity index (χ3v) is 4.85. The van der Waals surface area contributed by atoms with E-state index >= 15 is 0 Å². The number of anilines is 1. The molecule has 6 nitrogen and oxygen atoms in total. The predicted octanol–water partition coefficient (Wildman–Crippen LogP) is 2.45. The maximum atomic E-state index is 6.11. The van der Waals surface area contributed by atoms with E-state index in [0.717, 1.165) is 49.9 Å². The van der Waals surface area contributed by atoms with Gasteiger partial charge in [0.25, 0.3) is 0 Å². The molecule has 0 spiro atoms. The summed E-state index contributed by atoms with van der Waals surface area (Å²) in [7, 11) is 3.77. The van der Waals surface area contributed by atoms with Crippen LogP contribution in [0.25, 0.3) is 0 Å². The molecule has 1 atom stereocenters. The number of nitrogens with zero attached hydrogens (tertiary/aromatic N) is 4. The summed E-state index contributed by atoms with van der Waals surface area (Å²) in [6.07, 6.45) is 7.14. The fourth-order valence-electron chi connectivity index (χ4n) is 3.27. The molecule has 0 bridgehead atoms. The van der Waals surface area contributed by atoms with Gasteiger partial charge in [-0.15, -0.1) is 0 Å². The summed E-state index contributed by atoms with van der Waals surface area (Å²) in [6, 6.07) is 8.43. The van der Waals surface area contributed by atoms with Gasteiger partial charge in [0.2, 0.25) is 0 Å². The smallest absolute Gasteiger partial charge is 0.191 e. The van der Waals surface area contributed by atoms with Gasteiger partial charge in [-0.25, -0.2) is 0 Å². The lowest BCUT2D eigenvalue weighted by Gasteiger charge is -2.20. The molecule has 1 fully saturated rings. The summed E-state index contributed by atoms with van der Waals surface area (Å²) in [4.78, 5) is 6.71. The van der Waals surface area contributed by atoms with Crippen LogP contribution in [-0.4, -0.2) is 48.5 Å². The Bertz CT molecular complexity index is 741. The first-order chi connectivity index (χ1) is 12.6. The first kappa shape index (κ1) is 18.6. The zero-order valence-corrected chi connectivity index (χ0v) is 16.2. The lowest BCUT2D eigenvalue weighted by Crippen LogP contribution is -2.44. The van der Waals surface area contributed by atoms with E-state index in [4.69, 9.17) is 11.6 Å². The summed E-state index contributed by atoms with van der Waals surface area (Å²) in [5, 5.41) is 11.9. The van der Waals surface area contributed by atoms with Crippen LogP contribution in [0.5, 0.6) is 0 Å². The number of rotatable bonds is 6. The van der Waals surface area contributed by atoms with Gasteiger partial charge >= 0.3 is 0 Å². The van der Waals surface area contributed by atoms with Crippen molar-refractivity contribution in [2.24, 2.45) is 12.0 Å². The molecule has 2 N–H and O–H groups in total. The molecule has 1 aliphatic rings. The Morgan fingerprint density at radius 3 is 3.04 bits per heavy atom. The molecule has 0 aliphatic carbocycles. The Morgan fingerprint density at radius 2 is 2.31 bits per heavy atom. The van der Waals surface area contributed by atoms with Gasteiger partial charge < -0.3 is 15.5 Å². The van der Waals surface area contributed by atoms with Crippen LogP contribution in [0.3, 0.4) is 0 Å². The summed E-state index contributed by atoms with van der Waals surface area (Å²) >= 11 is 6.11. The Hall–Kier alpha value is -2.21. The predicted molar refractivity (Wildman–Crippen MR) is 108 cm³/mol. The Balaban J connectivity index is 1.41. The Morgan fingerprint density at radius 1 is 1.42 bits per heavy atom. The van der Waals surface area contributed by atoms with E-state index in [1.807, 2.05) is 43.2 Å². The second-order valence-corrected chi connectivity index (χ2v) is 7.12. The summed E-state index contributed by atoms with van der Waals surface area (Å²) in [6.45, 7) is 2.87. The monoisotopic (exact) mass is 374 g/mol. The van der Waals surface area contributed by atoms with Crippen molar-refractivity contribution >= 4 is 23.2 Å². The minimum atomic E-state index is 0.388. The number of hydrogen-bond acceptors (Lipinski definition) is 3. The molecule has 1 aliphatic heterocycles.